The first-order chi connectivity index (χ1) is 8.97. The summed E-state index contributed by atoms with van der Waals surface area (Å²) in [5.74, 6) is 0.150. The summed E-state index contributed by atoms with van der Waals surface area (Å²) >= 11 is 3.49. The number of carbonyl (C=O) groups is 1. The molecule has 19 heavy (non-hydrogen) atoms. The number of ether oxygens (including phenoxy) is 1. The second-order valence-electron chi connectivity index (χ2n) is 5.13. The van der Waals surface area contributed by atoms with Crippen LogP contribution in [-0.2, 0) is 11.2 Å². The molecule has 1 aliphatic heterocycles. The largest absolute Gasteiger partial charge is 0.493 e. The Balaban J connectivity index is 2.15. The minimum atomic E-state index is -0.782. The van der Waals surface area contributed by atoms with Crippen LogP contribution in [0.3, 0.4) is 0 Å². The lowest BCUT2D eigenvalue weighted by Crippen LogP contribution is -2.17. The molecule has 1 aromatic carbocycles. The number of benzene rings is 1. The van der Waals surface area contributed by atoms with Crippen LogP contribution in [0.5, 0.6) is 5.75 Å². The Morgan fingerprint density at radius 3 is 3.00 bits per heavy atom. The topological polar surface area (TPSA) is 72.5 Å². The molecule has 0 spiro atoms. The molecule has 2 unspecified atom stereocenters. The van der Waals surface area contributed by atoms with Crippen molar-refractivity contribution in [2.45, 2.75) is 32.2 Å². The molecule has 2 rings (SSSR count). The summed E-state index contributed by atoms with van der Waals surface area (Å²) in [6.45, 7) is 2.60. The van der Waals surface area contributed by atoms with Crippen LogP contribution < -0.4 is 10.5 Å². The van der Waals surface area contributed by atoms with E-state index >= 15 is 0 Å². The van der Waals surface area contributed by atoms with Gasteiger partial charge in [0.25, 0.3) is 0 Å². The zero-order chi connectivity index (χ0) is 14.0. The van der Waals surface area contributed by atoms with Crippen molar-refractivity contribution >= 4 is 21.9 Å². The fourth-order valence-electron chi connectivity index (χ4n) is 2.52. The zero-order valence-electron chi connectivity index (χ0n) is 10.9. The summed E-state index contributed by atoms with van der Waals surface area (Å²) in [5.41, 5.74) is 8.36. The van der Waals surface area contributed by atoms with E-state index in [1.807, 2.05) is 13.0 Å². The van der Waals surface area contributed by atoms with Gasteiger partial charge in [-0.2, -0.15) is 0 Å². The third-order valence-electron chi connectivity index (χ3n) is 3.36. The maximum absolute atomic E-state index is 10.7. The molecule has 1 aromatic rings. The summed E-state index contributed by atoms with van der Waals surface area (Å²) in [4.78, 5) is 10.7. The Morgan fingerprint density at radius 2 is 2.32 bits per heavy atom. The number of carboxylic acids is 1. The Labute approximate surface area is 121 Å². The molecule has 5 heteroatoms. The monoisotopic (exact) mass is 327 g/mol. The van der Waals surface area contributed by atoms with Gasteiger partial charge in [0, 0.05) is 28.9 Å². The van der Waals surface area contributed by atoms with E-state index in [1.54, 1.807) is 0 Å². The summed E-state index contributed by atoms with van der Waals surface area (Å²) < 4.78 is 6.64. The summed E-state index contributed by atoms with van der Waals surface area (Å²) in [5, 5.41) is 8.79. The maximum atomic E-state index is 10.7. The lowest BCUT2D eigenvalue weighted by atomic mass is 9.93. The minimum absolute atomic E-state index is 0.0449. The fourth-order valence-corrected chi connectivity index (χ4v) is 3.04. The zero-order valence-corrected chi connectivity index (χ0v) is 12.4. The summed E-state index contributed by atoms with van der Waals surface area (Å²) in [6, 6.07) is 3.83. The van der Waals surface area contributed by atoms with Crippen LogP contribution in [0.15, 0.2) is 16.6 Å². The first kappa shape index (κ1) is 14.3. The summed E-state index contributed by atoms with van der Waals surface area (Å²) in [6.07, 6.45) is 1.68. The van der Waals surface area contributed by atoms with Gasteiger partial charge in [-0.1, -0.05) is 22.9 Å². The molecule has 0 amide bonds. The van der Waals surface area contributed by atoms with E-state index < -0.39 is 5.97 Å². The van der Waals surface area contributed by atoms with Crippen LogP contribution in [0.2, 0.25) is 0 Å². The van der Waals surface area contributed by atoms with E-state index in [4.69, 9.17) is 15.6 Å². The number of hydrogen-bond donors (Lipinski definition) is 2. The van der Waals surface area contributed by atoms with Crippen molar-refractivity contribution in [1.82, 2.24) is 0 Å². The van der Waals surface area contributed by atoms with Crippen LogP contribution in [0, 0.1) is 5.92 Å². The highest BCUT2D eigenvalue weighted by Gasteiger charge is 2.23. The van der Waals surface area contributed by atoms with E-state index in [9.17, 15) is 4.79 Å². The highest BCUT2D eigenvalue weighted by atomic mass is 79.9. The minimum Gasteiger partial charge on any atom is -0.493 e. The van der Waals surface area contributed by atoms with Gasteiger partial charge in [0.05, 0.1) is 6.61 Å². The van der Waals surface area contributed by atoms with E-state index in [0.717, 1.165) is 22.2 Å². The molecule has 1 heterocycles. The Hall–Kier alpha value is -1.07. The smallest absolute Gasteiger partial charge is 0.303 e. The van der Waals surface area contributed by atoms with Crippen molar-refractivity contribution in [3.05, 3.63) is 27.7 Å². The molecule has 0 saturated carbocycles. The van der Waals surface area contributed by atoms with Crippen LogP contribution >= 0.6 is 15.9 Å². The number of fused-ring (bicyclic) bond motifs is 1. The molecule has 0 fully saturated rings. The highest BCUT2D eigenvalue weighted by molar-refractivity contribution is 9.10. The van der Waals surface area contributed by atoms with Crippen molar-refractivity contribution < 1.29 is 14.6 Å². The molecule has 0 saturated heterocycles. The predicted octanol–water partition coefficient (Wildman–Crippen LogP) is 2.88. The Kier molecular flexibility index (Phi) is 4.47. The number of carboxylic acid groups (broad SMARTS) is 1. The van der Waals surface area contributed by atoms with Crippen LogP contribution in [0.4, 0.5) is 0 Å². The molecule has 2 atom stereocenters. The quantitative estimate of drug-likeness (QED) is 0.872. The van der Waals surface area contributed by atoms with Crippen molar-refractivity contribution in [2.75, 3.05) is 6.61 Å². The molecule has 0 bridgehead atoms. The number of halogens is 1. The lowest BCUT2D eigenvalue weighted by Gasteiger charge is -2.19. The molecule has 3 N–H and O–H groups in total. The average Bonchev–Trinajstić information content (AvgIpc) is 2.73. The fraction of sp³-hybridized carbons (Fsp3) is 0.500. The molecular formula is C14H18BrNO3. The van der Waals surface area contributed by atoms with Crippen LogP contribution in [0.1, 0.15) is 36.9 Å². The average molecular weight is 328 g/mol. The standard InChI is InChI=1S/C14H18BrNO3/c1-8(5-13(17)18)4-12(16)11-7-10(15)6-9-2-3-19-14(9)11/h6-8,12H,2-5,16H2,1H3,(H,17,18). The van der Waals surface area contributed by atoms with Crippen LogP contribution in [-0.4, -0.2) is 17.7 Å². The molecule has 0 radical (unpaired) electrons. The first-order valence-electron chi connectivity index (χ1n) is 6.40. The van der Waals surface area contributed by atoms with Gasteiger partial charge in [0.1, 0.15) is 5.75 Å². The number of nitrogens with two attached hydrogens (primary N) is 1. The van der Waals surface area contributed by atoms with Gasteiger partial charge in [0.15, 0.2) is 0 Å². The number of aliphatic carboxylic acids is 1. The molecular weight excluding hydrogens is 310 g/mol. The lowest BCUT2D eigenvalue weighted by molar-refractivity contribution is -0.138. The van der Waals surface area contributed by atoms with Gasteiger partial charge in [-0.25, -0.2) is 0 Å². The predicted molar refractivity (Wildman–Crippen MR) is 76.3 cm³/mol. The molecule has 0 aliphatic carbocycles. The molecule has 104 valence electrons. The van der Waals surface area contributed by atoms with Gasteiger partial charge < -0.3 is 15.6 Å². The van der Waals surface area contributed by atoms with E-state index in [1.165, 1.54) is 5.56 Å². The number of hydrogen-bond acceptors (Lipinski definition) is 3. The second-order valence-corrected chi connectivity index (χ2v) is 6.04. The van der Waals surface area contributed by atoms with Crippen molar-refractivity contribution in [3.8, 4) is 5.75 Å². The van der Waals surface area contributed by atoms with Crippen molar-refractivity contribution in [3.63, 3.8) is 0 Å². The molecule has 4 nitrogen and oxygen atoms in total. The van der Waals surface area contributed by atoms with Gasteiger partial charge in [-0.3, -0.25) is 4.79 Å². The molecule has 1 aliphatic rings. The SMILES string of the molecule is CC(CC(=O)O)CC(N)c1cc(Br)cc2c1OCC2. The highest BCUT2D eigenvalue weighted by Crippen LogP contribution is 2.37. The molecule has 0 aromatic heterocycles. The van der Waals surface area contributed by atoms with Gasteiger partial charge in [-0.15, -0.1) is 0 Å². The van der Waals surface area contributed by atoms with E-state index in [0.29, 0.717) is 13.0 Å². The second kappa shape index (κ2) is 5.92. The van der Waals surface area contributed by atoms with Crippen LogP contribution in [0.25, 0.3) is 0 Å². The van der Waals surface area contributed by atoms with Crippen molar-refractivity contribution in [2.24, 2.45) is 11.7 Å². The number of rotatable bonds is 5. The normalized spacial score (nSPS) is 16.6. The third kappa shape index (κ3) is 3.48. The van der Waals surface area contributed by atoms with E-state index in [2.05, 4.69) is 22.0 Å². The van der Waals surface area contributed by atoms with Gasteiger partial charge >= 0.3 is 5.97 Å². The maximum Gasteiger partial charge on any atom is 0.303 e. The van der Waals surface area contributed by atoms with E-state index in [-0.39, 0.29) is 18.4 Å². The van der Waals surface area contributed by atoms with Gasteiger partial charge in [-0.05, 0) is 30.0 Å². The van der Waals surface area contributed by atoms with Crippen molar-refractivity contribution in [1.29, 1.82) is 0 Å². The first-order valence-corrected chi connectivity index (χ1v) is 7.19. The Bertz CT molecular complexity index is 490. The van der Waals surface area contributed by atoms with Gasteiger partial charge in [0.2, 0.25) is 0 Å². The Morgan fingerprint density at radius 1 is 1.58 bits per heavy atom. The third-order valence-corrected chi connectivity index (χ3v) is 3.81. The summed E-state index contributed by atoms with van der Waals surface area (Å²) in [7, 11) is 0.